The second kappa shape index (κ2) is 3.56. The normalized spacial score (nSPS) is 10.5. The summed E-state index contributed by atoms with van der Waals surface area (Å²) in [6, 6.07) is 2.21. The minimum Gasteiger partial charge on any atom is -0.479 e. The molecule has 15 heavy (non-hydrogen) atoms. The van der Waals surface area contributed by atoms with Crippen LogP contribution in [0.25, 0.3) is 11.1 Å². The summed E-state index contributed by atoms with van der Waals surface area (Å²) in [6.07, 6.45) is 1.14. The van der Waals surface area contributed by atoms with E-state index in [2.05, 4.69) is 4.98 Å². The summed E-state index contributed by atoms with van der Waals surface area (Å²) >= 11 is 0. The zero-order valence-corrected chi connectivity index (χ0v) is 7.44. The predicted molar refractivity (Wildman–Crippen MR) is 47.1 cm³/mol. The number of carbonyl (C=O) groups is 1. The van der Waals surface area contributed by atoms with Gasteiger partial charge in [-0.25, -0.2) is 14.2 Å². The van der Waals surface area contributed by atoms with E-state index >= 15 is 0 Å². The predicted octanol–water partition coefficient (Wildman–Crippen LogP) is 1.43. The summed E-state index contributed by atoms with van der Waals surface area (Å²) in [5.74, 6) is -1.66. The van der Waals surface area contributed by atoms with Gasteiger partial charge in [-0.15, -0.1) is 0 Å². The fourth-order valence-electron chi connectivity index (χ4n) is 1.15. The Balaban J connectivity index is 2.39. The molecule has 0 radical (unpaired) electrons. The van der Waals surface area contributed by atoms with Crippen molar-refractivity contribution in [3.63, 3.8) is 0 Å². The highest BCUT2D eigenvalue weighted by molar-refractivity contribution is 5.80. The van der Waals surface area contributed by atoms with Crippen molar-refractivity contribution in [3.05, 3.63) is 24.3 Å². The number of rotatable bonds is 3. The number of halogens is 1. The maximum Gasteiger partial charge on any atom is 0.341 e. The summed E-state index contributed by atoms with van der Waals surface area (Å²) in [7, 11) is 0. The van der Waals surface area contributed by atoms with E-state index in [-0.39, 0.29) is 11.3 Å². The van der Waals surface area contributed by atoms with Crippen LogP contribution in [-0.2, 0) is 4.79 Å². The van der Waals surface area contributed by atoms with Crippen molar-refractivity contribution in [2.45, 2.75) is 0 Å². The van der Waals surface area contributed by atoms with Gasteiger partial charge in [0.1, 0.15) is 5.82 Å². The monoisotopic (exact) mass is 211 g/mol. The lowest BCUT2D eigenvalue weighted by atomic mass is 10.3. The lowest BCUT2D eigenvalue weighted by Gasteiger charge is -2.02. The Morgan fingerprint density at radius 1 is 1.60 bits per heavy atom. The summed E-state index contributed by atoms with van der Waals surface area (Å²) < 4.78 is 22.7. The molecule has 0 spiro atoms. The SMILES string of the molecule is O=C(O)COc1cc(F)cc2ocnc12. The van der Waals surface area contributed by atoms with Crippen LogP contribution in [0.3, 0.4) is 0 Å². The van der Waals surface area contributed by atoms with Gasteiger partial charge in [-0.05, 0) is 0 Å². The summed E-state index contributed by atoms with van der Waals surface area (Å²) in [5, 5.41) is 8.40. The highest BCUT2D eigenvalue weighted by atomic mass is 19.1. The van der Waals surface area contributed by atoms with Crippen LogP contribution in [0.2, 0.25) is 0 Å². The largest absolute Gasteiger partial charge is 0.479 e. The summed E-state index contributed by atoms with van der Waals surface area (Å²) in [6.45, 7) is -0.550. The van der Waals surface area contributed by atoms with Crippen molar-refractivity contribution >= 4 is 17.1 Å². The van der Waals surface area contributed by atoms with Crippen molar-refractivity contribution in [2.75, 3.05) is 6.61 Å². The maximum absolute atomic E-state index is 13.0. The van der Waals surface area contributed by atoms with Crippen LogP contribution in [0.1, 0.15) is 0 Å². The highest BCUT2D eigenvalue weighted by Gasteiger charge is 2.10. The second-order valence-electron chi connectivity index (χ2n) is 2.79. The zero-order valence-electron chi connectivity index (χ0n) is 7.44. The minimum atomic E-state index is -1.14. The van der Waals surface area contributed by atoms with Crippen LogP contribution in [0.5, 0.6) is 5.75 Å². The lowest BCUT2D eigenvalue weighted by molar-refractivity contribution is -0.139. The Kier molecular flexibility index (Phi) is 2.24. The van der Waals surface area contributed by atoms with E-state index < -0.39 is 18.4 Å². The molecular formula is C9H6FNO4. The quantitative estimate of drug-likeness (QED) is 0.831. The average molecular weight is 211 g/mol. The Labute approximate surface area is 83.1 Å². The van der Waals surface area contributed by atoms with E-state index in [1.54, 1.807) is 0 Å². The molecule has 0 atom stereocenters. The Hall–Kier alpha value is -2.11. The van der Waals surface area contributed by atoms with Crippen LogP contribution in [0, 0.1) is 5.82 Å². The third-order valence-corrected chi connectivity index (χ3v) is 1.72. The molecule has 0 fully saturated rings. The van der Waals surface area contributed by atoms with Crippen molar-refractivity contribution in [1.82, 2.24) is 4.98 Å². The van der Waals surface area contributed by atoms with Crippen molar-refractivity contribution in [2.24, 2.45) is 0 Å². The highest BCUT2D eigenvalue weighted by Crippen LogP contribution is 2.25. The molecule has 1 aromatic heterocycles. The van der Waals surface area contributed by atoms with Gasteiger partial charge in [-0.2, -0.15) is 0 Å². The molecule has 0 amide bonds. The number of nitrogens with zero attached hydrogens (tertiary/aromatic N) is 1. The van der Waals surface area contributed by atoms with E-state index in [1.165, 1.54) is 0 Å². The number of ether oxygens (including phenoxy) is 1. The molecule has 1 N–H and O–H groups in total. The van der Waals surface area contributed by atoms with Crippen LogP contribution < -0.4 is 4.74 Å². The van der Waals surface area contributed by atoms with E-state index in [1.807, 2.05) is 0 Å². The van der Waals surface area contributed by atoms with Gasteiger partial charge in [-0.3, -0.25) is 0 Å². The van der Waals surface area contributed by atoms with Gasteiger partial charge in [0.15, 0.2) is 29.8 Å². The molecule has 78 valence electrons. The van der Waals surface area contributed by atoms with Crippen LogP contribution in [0.15, 0.2) is 22.9 Å². The molecule has 0 aliphatic heterocycles. The minimum absolute atomic E-state index is 0.0566. The smallest absolute Gasteiger partial charge is 0.341 e. The molecule has 2 aromatic rings. The topological polar surface area (TPSA) is 72.6 Å². The molecule has 2 rings (SSSR count). The van der Waals surface area contributed by atoms with Gasteiger partial charge in [0, 0.05) is 12.1 Å². The van der Waals surface area contributed by atoms with Crippen molar-refractivity contribution in [1.29, 1.82) is 0 Å². The fraction of sp³-hybridized carbons (Fsp3) is 0.111. The molecular weight excluding hydrogens is 205 g/mol. The van der Waals surface area contributed by atoms with E-state index in [0.717, 1.165) is 18.5 Å². The first-order valence-corrected chi connectivity index (χ1v) is 4.04. The maximum atomic E-state index is 13.0. The number of hydrogen-bond acceptors (Lipinski definition) is 4. The van der Waals surface area contributed by atoms with Crippen molar-refractivity contribution < 1.29 is 23.4 Å². The van der Waals surface area contributed by atoms with Gasteiger partial charge in [0.2, 0.25) is 0 Å². The Bertz CT molecular complexity index is 508. The third-order valence-electron chi connectivity index (χ3n) is 1.72. The molecule has 1 aromatic carbocycles. The Morgan fingerprint density at radius 2 is 2.40 bits per heavy atom. The number of hydrogen-bond donors (Lipinski definition) is 1. The molecule has 6 heteroatoms. The number of carboxylic acids is 1. The molecule has 5 nitrogen and oxygen atoms in total. The van der Waals surface area contributed by atoms with Crippen LogP contribution in [0.4, 0.5) is 4.39 Å². The molecule has 0 bridgehead atoms. The van der Waals surface area contributed by atoms with Crippen LogP contribution in [-0.4, -0.2) is 22.7 Å². The van der Waals surface area contributed by atoms with Gasteiger partial charge >= 0.3 is 5.97 Å². The molecule has 0 saturated heterocycles. The van der Waals surface area contributed by atoms with Gasteiger partial charge < -0.3 is 14.3 Å². The number of aromatic nitrogens is 1. The van der Waals surface area contributed by atoms with Crippen LogP contribution >= 0.6 is 0 Å². The second-order valence-corrected chi connectivity index (χ2v) is 2.79. The van der Waals surface area contributed by atoms with Gasteiger partial charge in [0.25, 0.3) is 0 Å². The number of aliphatic carboxylic acids is 1. The fourth-order valence-corrected chi connectivity index (χ4v) is 1.15. The van der Waals surface area contributed by atoms with E-state index in [4.69, 9.17) is 14.3 Å². The van der Waals surface area contributed by atoms with Gasteiger partial charge in [0.05, 0.1) is 0 Å². The molecule has 0 unspecified atom stereocenters. The summed E-state index contributed by atoms with van der Waals surface area (Å²) in [5.41, 5.74) is 0.521. The van der Waals surface area contributed by atoms with E-state index in [9.17, 15) is 9.18 Å². The average Bonchev–Trinajstić information content (AvgIpc) is 2.61. The standard InChI is InChI=1S/C9H6FNO4/c10-5-1-6(14-3-8(12)13)9-7(2-5)15-4-11-9/h1-2,4H,3H2,(H,12,13). The molecule has 0 aliphatic rings. The van der Waals surface area contributed by atoms with Crippen molar-refractivity contribution in [3.8, 4) is 5.75 Å². The van der Waals surface area contributed by atoms with Gasteiger partial charge in [-0.1, -0.05) is 0 Å². The first kappa shape index (κ1) is 9.45. The number of oxazole rings is 1. The zero-order chi connectivity index (χ0) is 10.8. The number of benzene rings is 1. The molecule has 0 aliphatic carbocycles. The third kappa shape index (κ3) is 1.88. The number of fused-ring (bicyclic) bond motifs is 1. The number of carboxylic acid groups (broad SMARTS) is 1. The Morgan fingerprint density at radius 3 is 3.13 bits per heavy atom. The summed E-state index contributed by atoms with van der Waals surface area (Å²) in [4.78, 5) is 14.1. The first-order chi connectivity index (χ1) is 7.16. The molecule has 1 heterocycles. The lowest BCUT2D eigenvalue weighted by Crippen LogP contribution is -2.09. The van der Waals surface area contributed by atoms with E-state index in [0.29, 0.717) is 5.52 Å². The molecule has 0 saturated carbocycles. The first-order valence-electron chi connectivity index (χ1n) is 4.04.